The quantitative estimate of drug-likeness (QED) is 0.103. The Morgan fingerprint density at radius 3 is 1.94 bits per heavy atom. The molecule has 3 aromatic carbocycles. The maximum Gasteiger partial charge on any atom is 0.163 e. The third-order valence-corrected chi connectivity index (χ3v) is 7.77. The van der Waals surface area contributed by atoms with Crippen LogP contribution >= 0.6 is 0 Å². The Kier molecular flexibility index (Phi) is 13.0. The largest absolute Gasteiger partial charge is 0.504 e. The number of allylic oxidation sites excluding steroid dienone is 2. The van der Waals surface area contributed by atoms with Crippen LogP contribution < -0.4 is 9.47 Å². The Labute approximate surface area is 296 Å². The number of hydrogen-bond acceptors (Lipinski definition) is 11. The van der Waals surface area contributed by atoms with E-state index >= 15 is 0 Å². The molecule has 52 heavy (non-hydrogen) atoms. The van der Waals surface area contributed by atoms with Crippen LogP contribution in [0.4, 0.5) is 13.2 Å². The normalized spacial score (nSPS) is 12.9. The molecule has 2 heterocycles. The first-order valence-corrected chi connectivity index (χ1v) is 15.5. The first kappa shape index (κ1) is 38.5. The van der Waals surface area contributed by atoms with Gasteiger partial charge in [-0.05, 0) is 53.6 Å². The highest BCUT2D eigenvalue weighted by Gasteiger charge is 2.41. The molecule has 5 rings (SSSR count). The number of aliphatic hydroxyl groups is 1. The van der Waals surface area contributed by atoms with Gasteiger partial charge in [0, 0.05) is 17.5 Å². The molecule has 3 N–H and O–H groups in total. The SMILES string of the molecule is CC(c1ncncc1F)[C@](O)(Cn1cncn1)c1ccc(F)cc1F.COc1cc(/C=C/C(=O)CC(=O)/C=C/c2ccc(O)c(OC)c2)ccc1O. The molecule has 0 aliphatic heterocycles. The molecule has 15 heteroatoms. The van der Waals surface area contributed by atoms with E-state index in [0.717, 1.165) is 24.7 Å². The predicted molar refractivity (Wildman–Crippen MR) is 183 cm³/mol. The van der Waals surface area contributed by atoms with Crippen LogP contribution in [0.3, 0.4) is 0 Å². The van der Waals surface area contributed by atoms with Crippen LogP contribution in [0.1, 0.15) is 41.6 Å². The number of halogens is 3. The number of ketones is 2. The monoisotopic (exact) mass is 717 g/mol. The number of phenols is 2. The minimum atomic E-state index is -1.96. The summed E-state index contributed by atoms with van der Waals surface area (Å²) in [5.74, 6) is -3.55. The van der Waals surface area contributed by atoms with Gasteiger partial charge in [-0.2, -0.15) is 5.10 Å². The maximum atomic E-state index is 14.4. The predicted octanol–water partition coefficient (Wildman–Crippen LogP) is 5.55. The summed E-state index contributed by atoms with van der Waals surface area (Å²) in [4.78, 5) is 35.1. The molecule has 0 radical (unpaired) electrons. The van der Waals surface area contributed by atoms with Crippen LogP contribution in [-0.4, -0.2) is 65.8 Å². The lowest BCUT2D eigenvalue weighted by Crippen LogP contribution is -2.39. The van der Waals surface area contributed by atoms with Crippen molar-refractivity contribution in [3.8, 4) is 23.0 Å². The molecule has 1 unspecified atom stereocenters. The van der Waals surface area contributed by atoms with E-state index < -0.39 is 29.0 Å². The molecule has 0 saturated heterocycles. The highest BCUT2D eigenvalue weighted by Crippen LogP contribution is 2.39. The Morgan fingerprint density at radius 2 is 1.44 bits per heavy atom. The topological polar surface area (TPSA) is 170 Å². The van der Waals surface area contributed by atoms with Crippen LogP contribution in [-0.2, 0) is 21.7 Å². The minimum Gasteiger partial charge on any atom is -0.504 e. The molecule has 0 aliphatic carbocycles. The summed E-state index contributed by atoms with van der Waals surface area (Å²) < 4.78 is 53.0. The molecule has 0 spiro atoms. The summed E-state index contributed by atoms with van der Waals surface area (Å²) in [6, 6.07) is 12.1. The fraction of sp³-hybridized carbons (Fsp3) is 0.189. The molecule has 270 valence electrons. The Hall–Kier alpha value is -6.35. The van der Waals surface area contributed by atoms with Gasteiger partial charge < -0.3 is 24.8 Å². The lowest BCUT2D eigenvalue weighted by atomic mass is 9.79. The molecular formula is C37H34F3N5O7. The minimum absolute atomic E-state index is 0.00662. The van der Waals surface area contributed by atoms with Gasteiger partial charge in [0.2, 0.25) is 0 Å². The smallest absolute Gasteiger partial charge is 0.163 e. The van der Waals surface area contributed by atoms with E-state index in [1.807, 2.05) is 0 Å². The van der Waals surface area contributed by atoms with Crippen molar-refractivity contribution in [2.75, 3.05) is 14.2 Å². The molecule has 0 fully saturated rings. The number of methoxy groups -OCH3 is 2. The standard InChI is InChI=1S/C21H20O6.C16H14F3N5O/c1-26-20-11-14(5-9-18(20)24)3-7-16(22)13-17(23)8-4-15-6-10-19(25)21(12-15)27-2;1-10(15-14(19)5-20-7-22-15)16(25,6-24-9-21-8-23-24)12-3-2-11(17)4-13(12)18/h3-12,24-25H,13H2,1-2H3;2-5,7-10,25H,6H2,1H3/b7-3+,8-4+;/t;10?,16-/m.1/s1. The zero-order chi connectivity index (χ0) is 37.8. The van der Waals surface area contributed by atoms with Crippen molar-refractivity contribution in [1.82, 2.24) is 24.7 Å². The summed E-state index contributed by atoms with van der Waals surface area (Å²) in [6.45, 7) is 1.26. The molecule has 0 aliphatic rings. The molecule has 5 aromatic rings. The summed E-state index contributed by atoms with van der Waals surface area (Å²) in [7, 11) is 2.87. The number of carbonyl (C=O) groups excluding carboxylic acids is 2. The van der Waals surface area contributed by atoms with Gasteiger partial charge in [0.15, 0.2) is 40.4 Å². The number of aromatic hydroxyl groups is 2. The van der Waals surface area contributed by atoms with Gasteiger partial charge in [-0.25, -0.2) is 32.8 Å². The van der Waals surface area contributed by atoms with Gasteiger partial charge in [-0.1, -0.05) is 37.3 Å². The van der Waals surface area contributed by atoms with Gasteiger partial charge in [-0.3, -0.25) is 9.59 Å². The van der Waals surface area contributed by atoms with Crippen molar-refractivity contribution in [1.29, 1.82) is 0 Å². The second-order valence-corrected chi connectivity index (χ2v) is 11.3. The molecule has 0 saturated carbocycles. The van der Waals surface area contributed by atoms with Crippen molar-refractivity contribution in [2.24, 2.45) is 0 Å². The lowest BCUT2D eigenvalue weighted by molar-refractivity contribution is -0.121. The van der Waals surface area contributed by atoms with Crippen molar-refractivity contribution >= 4 is 23.7 Å². The first-order valence-electron chi connectivity index (χ1n) is 15.5. The lowest BCUT2D eigenvalue weighted by Gasteiger charge is -2.34. The molecule has 12 nitrogen and oxygen atoms in total. The van der Waals surface area contributed by atoms with Crippen molar-refractivity contribution in [3.63, 3.8) is 0 Å². The average Bonchev–Trinajstić information content (AvgIpc) is 3.63. The Morgan fingerprint density at radius 1 is 0.846 bits per heavy atom. The van der Waals surface area contributed by atoms with Crippen molar-refractivity contribution in [3.05, 3.63) is 132 Å². The van der Waals surface area contributed by atoms with E-state index in [4.69, 9.17) is 9.47 Å². The van der Waals surface area contributed by atoms with E-state index in [0.29, 0.717) is 28.7 Å². The molecule has 2 atom stereocenters. The van der Waals surface area contributed by atoms with Gasteiger partial charge in [0.1, 0.15) is 36.2 Å². The van der Waals surface area contributed by atoms with Gasteiger partial charge >= 0.3 is 0 Å². The highest BCUT2D eigenvalue weighted by atomic mass is 19.1. The van der Waals surface area contributed by atoms with Crippen LogP contribution in [0.5, 0.6) is 23.0 Å². The Balaban J connectivity index is 0.000000233. The molecule has 0 bridgehead atoms. The van der Waals surface area contributed by atoms with E-state index in [9.17, 15) is 38.1 Å². The van der Waals surface area contributed by atoms with E-state index in [2.05, 4.69) is 20.1 Å². The van der Waals surface area contributed by atoms with Crippen molar-refractivity contribution in [2.45, 2.75) is 31.4 Å². The number of phenolic OH excluding ortho intramolecular Hbond substituents is 2. The zero-order valence-electron chi connectivity index (χ0n) is 28.2. The number of ether oxygens (including phenoxy) is 2. The summed E-state index contributed by atoms with van der Waals surface area (Å²) in [5.41, 5.74) is -0.925. The molecular weight excluding hydrogens is 683 g/mol. The van der Waals surface area contributed by atoms with E-state index in [-0.39, 0.29) is 47.3 Å². The van der Waals surface area contributed by atoms with Gasteiger partial charge in [0.25, 0.3) is 0 Å². The van der Waals surface area contributed by atoms with Crippen LogP contribution in [0.15, 0.2) is 91.9 Å². The van der Waals surface area contributed by atoms with Gasteiger partial charge in [-0.15, -0.1) is 0 Å². The van der Waals surface area contributed by atoms with Crippen LogP contribution in [0, 0.1) is 17.5 Å². The maximum absolute atomic E-state index is 14.4. The fourth-order valence-electron chi connectivity index (χ4n) is 4.99. The average molecular weight is 718 g/mol. The summed E-state index contributed by atoms with van der Waals surface area (Å²) >= 11 is 0. The number of hydrogen-bond donors (Lipinski definition) is 3. The summed E-state index contributed by atoms with van der Waals surface area (Å²) in [6.07, 6.45) is 10.1. The van der Waals surface area contributed by atoms with E-state index in [1.165, 1.54) is 62.8 Å². The second kappa shape index (κ2) is 17.5. The number of rotatable bonds is 13. The van der Waals surface area contributed by atoms with E-state index in [1.54, 1.807) is 36.4 Å². The summed E-state index contributed by atoms with van der Waals surface area (Å²) in [5, 5.41) is 34.3. The molecule has 0 amide bonds. The van der Waals surface area contributed by atoms with Crippen molar-refractivity contribution < 1.29 is 47.6 Å². The van der Waals surface area contributed by atoms with Crippen LogP contribution in [0.2, 0.25) is 0 Å². The second-order valence-electron chi connectivity index (χ2n) is 11.3. The fourth-order valence-corrected chi connectivity index (χ4v) is 4.99. The number of aromatic nitrogens is 5. The number of nitrogens with zero attached hydrogens (tertiary/aromatic N) is 5. The molecule has 2 aromatic heterocycles. The van der Waals surface area contributed by atoms with Gasteiger partial charge in [0.05, 0.1) is 39.1 Å². The third kappa shape index (κ3) is 9.88. The number of carbonyl (C=O) groups is 2. The zero-order valence-corrected chi connectivity index (χ0v) is 28.2. The Bertz CT molecular complexity index is 2000. The van der Waals surface area contributed by atoms with Crippen LogP contribution in [0.25, 0.3) is 12.2 Å². The highest BCUT2D eigenvalue weighted by molar-refractivity contribution is 6.10. The number of benzene rings is 3. The first-order chi connectivity index (χ1) is 24.8. The third-order valence-electron chi connectivity index (χ3n) is 7.77.